The summed E-state index contributed by atoms with van der Waals surface area (Å²) in [7, 11) is 0. The number of aromatic nitrogens is 2. The maximum atomic E-state index is 10.7. The van der Waals surface area contributed by atoms with Gasteiger partial charge < -0.3 is 36.1 Å². The van der Waals surface area contributed by atoms with E-state index >= 15 is 0 Å². The lowest BCUT2D eigenvalue weighted by atomic mass is 10.1. The van der Waals surface area contributed by atoms with Crippen molar-refractivity contribution in [2.24, 2.45) is 5.73 Å². The number of thioether (sulfide) groups is 1. The lowest BCUT2D eigenvalue weighted by molar-refractivity contribution is -0.138. The van der Waals surface area contributed by atoms with E-state index in [0.717, 1.165) is 5.39 Å². The summed E-state index contributed by atoms with van der Waals surface area (Å²) < 4.78 is 7.50. The summed E-state index contributed by atoms with van der Waals surface area (Å²) >= 11 is 1.42. The van der Waals surface area contributed by atoms with Gasteiger partial charge in [0, 0.05) is 29.2 Å². The van der Waals surface area contributed by atoms with Gasteiger partial charge in [0.2, 0.25) is 0 Å². The van der Waals surface area contributed by atoms with Crippen LogP contribution in [0.3, 0.4) is 0 Å². The Bertz CT molecular complexity index is 785. The Morgan fingerprint density at radius 1 is 1.38 bits per heavy atom. The van der Waals surface area contributed by atoms with Crippen molar-refractivity contribution in [2.45, 2.75) is 37.0 Å². The lowest BCUT2D eigenvalue weighted by Crippen LogP contribution is -2.33. The Morgan fingerprint density at radius 2 is 2.15 bits per heavy atom. The molecule has 10 heteroatoms. The van der Waals surface area contributed by atoms with E-state index in [1.54, 1.807) is 29.1 Å². The van der Waals surface area contributed by atoms with Crippen molar-refractivity contribution in [2.75, 3.05) is 17.2 Å². The molecule has 3 heterocycles. The van der Waals surface area contributed by atoms with Gasteiger partial charge >= 0.3 is 5.97 Å². The summed E-state index contributed by atoms with van der Waals surface area (Å²) in [5.41, 5.74) is 12.5. The highest BCUT2D eigenvalue weighted by Crippen LogP contribution is 2.34. The van der Waals surface area contributed by atoms with Gasteiger partial charge in [-0.3, -0.25) is 4.79 Å². The number of aliphatic hydroxyl groups excluding tert-OH is 2. The molecule has 0 spiro atoms. The summed E-state index contributed by atoms with van der Waals surface area (Å²) in [6, 6.07) is 2.57. The minimum absolute atomic E-state index is 0.320. The van der Waals surface area contributed by atoms with Crippen molar-refractivity contribution < 1.29 is 24.9 Å². The van der Waals surface area contributed by atoms with Crippen molar-refractivity contribution in [1.29, 1.82) is 0 Å². The third-order valence-corrected chi connectivity index (χ3v) is 5.52. The zero-order valence-corrected chi connectivity index (χ0v) is 14.7. The minimum atomic E-state index is -1.11. The zero-order chi connectivity index (χ0) is 18.8. The van der Waals surface area contributed by atoms with E-state index in [1.165, 1.54) is 11.8 Å². The first-order valence-corrected chi connectivity index (χ1v) is 9.34. The molecule has 0 aliphatic carbocycles. The molecule has 1 aliphatic rings. The van der Waals surface area contributed by atoms with Gasteiger partial charge in [0.25, 0.3) is 0 Å². The molecule has 5 unspecified atom stereocenters. The van der Waals surface area contributed by atoms with Gasteiger partial charge in [0.1, 0.15) is 23.9 Å². The Hall–Kier alpha value is -1.85. The molecule has 9 nitrogen and oxygen atoms in total. The predicted octanol–water partition coefficient (Wildman–Crippen LogP) is -0.227. The molecule has 0 bridgehead atoms. The summed E-state index contributed by atoms with van der Waals surface area (Å²) in [5.74, 6) is -0.106. The largest absolute Gasteiger partial charge is 0.480 e. The van der Waals surface area contributed by atoms with Gasteiger partial charge in [0.05, 0.1) is 6.10 Å². The number of rotatable bonds is 7. The first kappa shape index (κ1) is 18.9. The normalized spacial score (nSPS) is 27.0. The molecule has 0 aromatic carbocycles. The highest BCUT2D eigenvalue weighted by molar-refractivity contribution is 7.99. The van der Waals surface area contributed by atoms with Crippen molar-refractivity contribution in [1.82, 2.24) is 9.55 Å². The molecule has 1 aliphatic heterocycles. The topological polar surface area (TPSA) is 157 Å². The maximum absolute atomic E-state index is 10.7. The Morgan fingerprint density at radius 3 is 2.88 bits per heavy atom. The molecule has 0 amide bonds. The first-order valence-electron chi connectivity index (χ1n) is 8.19. The van der Waals surface area contributed by atoms with Crippen LogP contribution < -0.4 is 11.5 Å². The molecule has 3 rings (SSSR count). The number of carboxylic acids is 1. The van der Waals surface area contributed by atoms with E-state index in [0.29, 0.717) is 29.3 Å². The van der Waals surface area contributed by atoms with Crippen LogP contribution in [0.15, 0.2) is 24.5 Å². The van der Waals surface area contributed by atoms with Gasteiger partial charge in [-0.25, -0.2) is 4.98 Å². The fourth-order valence-electron chi connectivity index (χ4n) is 2.91. The van der Waals surface area contributed by atoms with E-state index in [9.17, 15) is 15.0 Å². The number of nitrogen functional groups attached to an aromatic ring is 1. The summed E-state index contributed by atoms with van der Waals surface area (Å²) in [5, 5.41) is 30.2. The number of ether oxygens (including phenoxy) is 1. The van der Waals surface area contributed by atoms with Crippen molar-refractivity contribution in [3.05, 3.63) is 24.5 Å². The molecular weight excluding hydrogens is 360 g/mol. The number of hydrogen-bond donors (Lipinski definition) is 5. The molecule has 142 valence electrons. The second kappa shape index (κ2) is 7.80. The fraction of sp³-hybridized carbons (Fsp3) is 0.500. The highest BCUT2D eigenvalue weighted by Gasteiger charge is 2.43. The average Bonchev–Trinajstić information content (AvgIpc) is 3.15. The molecular formula is C16H22N4O5S. The molecule has 5 atom stereocenters. The molecule has 2 aromatic heterocycles. The number of pyridine rings is 1. The summed E-state index contributed by atoms with van der Waals surface area (Å²) in [6.07, 6.45) is 0.0874. The van der Waals surface area contributed by atoms with Crippen LogP contribution in [0.1, 0.15) is 12.6 Å². The molecule has 1 fully saturated rings. The number of aliphatic carboxylic acids is 1. The molecule has 7 N–H and O–H groups in total. The van der Waals surface area contributed by atoms with Crippen molar-refractivity contribution in [3.63, 3.8) is 0 Å². The number of hydrogen-bond acceptors (Lipinski definition) is 8. The Balaban J connectivity index is 1.64. The summed E-state index contributed by atoms with van der Waals surface area (Å²) in [6.45, 7) is 0. The number of carbonyl (C=O) groups is 1. The third-order valence-electron chi connectivity index (χ3n) is 4.43. The number of anilines is 1. The third kappa shape index (κ3) is 3.64. The molecule has 0 radical (unpaired) electrons. The number of nitrogens with two attached hydrogens (primary N) is 2. The average molecular weight is 382 g/mol. The van der Waals surface area contributed by atoms with Crippen LogP contribution in [-0.4, -0.2) is 66.7 Å². The van der Waals surface area contributed by atoms with Gasteiger partial charge in [0.15, 0.2) is 6.23 Å². The van der Waals surface area contributed by atoms with Crippen molar-refractivity contribution in [3.8, 4) is 0 Å². The van der Waals surface area contributed by atoms with E-state index in [-0.39, 0.29) is 0 Å². The van der Waals surface area contributed by atoms with Crippen LogP contribution in [-0.2, 0) is 9.53 Å². The first-order chi connectivity index (χ1) is 12.4. The van der Waals surface area contributed by atoms with Crippen LogP contribution in [0.25, 0.3) is 11.0 Å². The lowest BCUT2D eigenvalue weighted by Gasteiger charge is -2.17. The predicted molar refractivity (Wildman–Crippen MR) is 97.6 cm³/mol. The van der Waals surface area contributed by atoms with Gasteiger partial charge in [-0.15, -0.1) is 0 Å². The molecule has 0 saturated carbocycles. The van der Waals surface area contributed by atoms with Crippen LogP contribution in [0, 0.1) is 0 Å². The van der Waals surface area contributed by atoms with Crippen LogP contribution in [0.4, 0.5) is 5.69 Å². The van der Waals surface area contributed by atoms with Crippen molar-refractivity contribution >= 4 is 34.5 Å². The second-order valence-corrected chi connectivity index (χ2v) is 7.36. The highest BCUT2D eigenvalue weighted by atomic mass is 32.2. The molecule has 26 heavy (non-hydrogen) atoms. The SMILES string of the molecule is Nc1ccnc2c1ccn2C1OC(CSCCC(N)C(=O)O)C(O)C1O. The standard InChI is InChI=1S/C16H22N4O5S/c17-9-1-4-19-14-8(9)2-5-20(14)15-13(22)12(21)11(25-15)7-26-6-3-10(18)16(23)24/h1-2,4-5,10-13,15,21-22H,3,6-7,18H2,(H2,17,19)(H,23,24). The maximum Gasteiger partial charge on any atom is 0.320 e. The molecule has 2 aromatic rings. The number of aliphatic hydroxyl groups is 2. The second-order valence-electron chi connectivity index (χ2n) is 6.22. The van der Waals surface area contributed by atoms with Crippen LogP contribution in [0.2, 0.25) is 0 Å². The quantitative estimate of drug-likeness (QED) is 0.408. The van der Waals surface area contributed by atoms with E-state index in [4.69, 9.17) is 21.3 Å². The van der Waals surface area contributed by atoms with E-state index < -0.39 is 36.6 Å². The fourth-order valence-corrected chi connectivity index (χ4v) is 4.01. The van der Waals surface area contributed by atoms with Crippen LogP contribution in [0.5, 0.6) is 0 Å². The van der Waals surface area contributed by atoms with Gasteiger partial charge in [-0.2, -0.15) is 11.8 Å². The molecule has 1 saturated heterocycles. The zero-order valence-electron chi connectivity index (χ0n) is 13.9. The summed E-state index contributed by atoms with van der Waals surface area (Å²) in [4.78, 5) is 15.0. The monoisotopic (exact) mass is 382 g/mol. The smallest absolute Gasteiger partial charge is 0.320 e. The Labute approximate surface area is 153 Å². The Kier molecular flexibility index (Phi) is 5.68. The van der Waals surface area contributed by atoms with E-state index in [1.807, 2.05) is 0 Å². The number of fused-ring (bicyclic) bond motifs is 1. The van der Waals surface area contributed by atoms with Gasteiger partial charge in [-0.1, -0.05) is 0 Å². The number of nitrogens with zero attached hydrogens (tertiary/aromatic N) is 2. The van der Waals surface area contributed by atoms with Crippen LogP contribution >= 0.6 is 11.8 Å². The van der Waals surface area contributed by atoms with Gasteiger partial charge in [-0.05, 0) is 24.3 Å². The minimum Gasteiger partial charge on any atom is -0.480 e. The number of carboxylic acid groups (broad SMARTS) is 1. The van der Waals surface area contributed by atoms with E-state index in [2.05, 4.69) is 4.98 Å².